The van der Waals surface area contributed by atoms with Gasteiger partial charge in [0.1, 0.15) is 18.5 Å². The van der Waals surface area contributed by atoms with E-state index in [1.807, 2.05) is 30.3 Å². The topological polar surface area (TPSA) is 66.8 Å². The fraction of sp³-hybridized carbons (Fsp3) is 0.235. The summed E-state index contributed by atoms with van der Waals surface area (Å²) in [6.07, 6.45) is -1.07. The van der Waals surface area contributed by atoms with Crippen molar-refractivity contribution in [3.8, 4) is 5.75 Å². The smallest absolute Gasteiger partial charge is 0.159 e. The number of hydrogen-bond donors (Lipinski definition) is 2. The van der Waals surface area contributed by atoms with Crippen molar-refractivity contribution in [1.82, 2.24) is 0 Å². The third-order valence-corrected chi connectivity index (χ3v) is 3.19. The van der Waals surface area contributed by atoms with E-state index in [0.717, 1.165) is 5.56 Å². The zero-order valence-electron chi connectivity index (χ0n) is 11.8. The number of Topliss-reactive ketones (excluding diaryl/α,β-unsaturated/α-hetero) is 1. The van der Waals surface area contributed by atoms with Gasteiger partial charge in [0, 0.05) is 11.1 Å². The molecule has 2 aromatic rings. The van der Waals surface area contributed by atoms with E-state index in [9.17, 15) is 9.90 Å². The number of ether oxygens (including phenoxy) is 1. The van der Waals surface area contributed by atoms with E-state index in [0.29, 0.717) is 23.5 Å². The number of benzene rings is 2. The lowest BCUT2D eigenvalue weighted by Crippen LogP contribution is -2.08. The third-order valence-electron chi connectivity index (χ3n) is 3.19. The second-order valence-electron chi connectivity index (χ2n) is 4.78. The van der Waals surface area contributed by atoms with Crippen molar-refractivity contribution in [3.05, 3.63) is 65.2 Å². The highest BCUT2D eigenvalue weighted by molar-refractivity contribution is 5.94. The first-order valence-electron chi connectivity index (χ1n) is 6.72. The van der Waals surface area contributed by atoms with Crippen LogP contribution in [0.1, 0.15) is 34.5 Å². The van der Waals surface area contributed by atoms with Crippen LogP contribution in [0.3, 0.4) is 0 Å². The quantitative estimate of drug-likeness (QED) is 0.801. The molecule has 0 aliphatic heterocycles. The van der Waals surface area contributed by atoms with Crippen LogP contribution < -0.4 is 4.74 Å². The summed E-state index contributed by atoms with van der Waals surface area (Å²) >= 11 is 0. The molecule has 21 heavy (non-hydrogen) atoms. The van der Waals surface area contributed by atoms with Crippen molar-refractivity contribution < 1.29 is 19.7 Å². The fourth-order valence-corrected chi connectivity index (χ4v) is 1.99. The Morgan fingerprint density at radius 2 is 1.90 bits per heavy atom. The van der Waals surface area contributed by atoms with E-state index in [1.54, 1.807) is 18.2 Å². The molecule has 0 heterocycles. The van der Waals surface area contributed by atoms with E-state index in [1.165, 1.54) is 6.92 Å². The number of ketones is 1. The Hall–Kier alpha value is -2.17. The van der Waals surface area contributed by atoms with E-state index in [2.05, 4.69) is 0 Å². The minimum Gasteiger partial charge on any atom is -0.489 e. The number of rotatable bonds is 6. The lowest BCUT2D eigenvalue weighted by atomic mass is 10.0. The van der Waals surface area contributed by atoms with E-state index in [-0.39, 0.29) is 5.78 Å². The van der Waals surface area contributed by atoms with Crippen LogP contribution in [0.15, 0.2) is 48.5 Å². The average Bonchev–Trinajstić information content (AvgIpc) is 2.52. The lowest BCUT2D eigenvalue weighted by Gasteiger charge is -2.15. The van der Waals surface area contributed by atoms with Crippen molar-refractivity contribution >= 4 is 5.78 Å². The molecule has 4 nitrogen and oxygen atoms in total. The Labute approximate surface area is 123 Å². The van der Waals surface area contributed by atoms with Gasteiger partial charge in [-0.15, -0.1) is 0 Å². The molecule has 0 unspecified atom stereocenters. The molecule has 2 N–H and O–H groups in total. The maximum atomic E-state index is 11.4. The van der Waals surface area contributed by atoms with Crippen LogP contribution in [-0.4, -0.2) is 22.6 Å². The number of carbonyl (C=O) groups excluding carboxylic acids is 1. The predicted molar refractivity (Wildman–Crippen MR) is 79.3 cm³/mol. The summed E-state index contributed by atoms with van der Waals surface area (Å²) in [5, 5.41) is 19.0. The van der Waals surface area contributed by atoms with Crippen LogP contribution in [0.4, 0.5) is 0 Å². The predicted octanol–water partition coefficient (Wildman–Crippen LogP) is 2.49. The van der Waals surface area contributed by atoms with Crippen molar-refractivity contribution in [3.63, 3.8) is 0 Å². The Morgan fingerprint density at radius 1 is 1.19 bits per heavy atom. The first kappa shape index (κ1) is 15.2. The van der Waals surface area contributed by atoms with E-state index < -0.39 is 12.7 Å². The first-order chi connectivity index (χ1) is 10.1. The highest BCUT2D eigenvalue weighted by Crippen LogP contribution is 2.27. The van der Waals surface area contributed by atoms with Crippen LogP contribution in [0.5, 0.6) is 5.75 Å². The van der Waals surface area contributed by atoms with Gasteiger partial charge in [-0.2, -0.15) is 0 Å². The second-order valence-corrected chi connectivity index (χ2v) is 4.78. The van der Waals surface area contributed by atoms with Crippen molar-refractivity contribution in [1.29, 1.82) is 0 Å². The molecule has 2 rings (SSSR count). The minimum absolute atomic E-state index is 0.101. The van der Waals surface area contributed by atoms with E-state index in [4.69, 9.17) is 9.84 Å². The van der Waals surface area contributed by atoms with Gasteiger partial charge in [0.05, 0.1) is 6.61 Å². The van der Waals surface area contributed by atoms with Crippen molar-refractivity contribution in [2.45, 2.75) is 19.6 Å². The molecule has 2 aromatic carbocycles. The van der Waals surface area contributed by atoms with Crippen LogP contribution in [0.25, 0.3) is 0 Å². The molecule has 0 saturated carbocycles. The Kier molecular flexibility index (Phi) is 5.09. The molecular weight excluding hydrogens is 268 g/mol. The van der Waals surface area contributed by atoms with Crippen LogP contribution in [-0.2, 0) is 6.61 Å². The van der Waals surface area contributed by atoms with Gasteiger partial charge in [0.2, 0.25) is 0 Å². The maximum absolute atomic E-state index is 11.4. The second kappa shape index (κ2) is 7.02. The fourth-order valence-electron chi connectivity index (χ4n) is 1.99. The molecular formula is C17H18O4. The lowest BCUT2D eigenvalue weighted by molar-refractivity contribution is 0.0919. The molecule has 1 atom stereocenters. The van der Waals surface area contributed by atoms with Crippen LogP contribution in [0.2, 0.25) is 0 Å². The van der Waals surface area contributed by atoms with Gasteiger partial charge < -0.3 is 14.9 Å². The maximum Gasteiger partial charge on any atom is 0.159 e. The minimum atomic E-state index is -1.07. The number of carbonyl (C=O) groups is 1. The third kappa shape index (κ3) is 3.90. The van der Waals surface area contributed by atoms with Gasteiger partial charge in [-0.1, -0.05) is 30.3 Å². The van der Waals surface area contributed by atoms with Gasteiger partial charge >= 0.3 is 0 Å². The molecule has 0 spiro atoms. The van der Waals surface area contributed by atoms with Crippen molar-refractivity contribution in [2.24, 2.45) is 0 Å². The van der Waals surface area contributed by atoms with Gasteiger partial charge in [-0.3, -0.25) is 4.79 Å². The summed E-state index contributed by atoms with van der Waals surface area (Å²) in [5.41, 5.74) is 1.89. The Bertz CT molecular complexity index is 607. The highest BCUT2D eigenvalue weighted by atomic mass is 16.5. The summed E-state index contributed by atoms with van der Waals surface area (Å²) in [7, 11) is 0. The number of hydrogen-bond acceptors (Lipinski definition) is 4. The normalized spacial score (nSPS) is 12.0. The summed E-state index contributed by atoms with van der Waals surface area (Å²) in [4.78, 5) is 11.4. The summed E-state index contributed by atoms with van der Waals surface area (Å²) < 4.78 is 5.70. The average molecular weight is 286 g/mol. The number of aliphatic hydroxyl groups excluding tert-OH is 2. The SMILES string of the molecule is CC(=O)c1ccc(OCc2ccccc2)c([C@@H](O)CO)c1. The highest BCUT2D eigenvalue weighted by Gasteiger charge is 2.15. The van der Waals surface area contributed by atoms with E-state index >= 15 is 0 Å². The molecule has 0 aliphatic carbocycles. The zero-order valence-corrected chi connectivity index (χ0v) is 11.8. The van der Waals surface area contributed by atoms with Gasteiger partial charge in [0.15, 0.2) is 5.78 Å². The largest absolute Gasteiger partial charge is 0.489 e. The number of aliphatic hydroxyl groups is 2. The standard InChI is InChI=1S/C17H18O4/c1-12(19)14-7-8-17(15(9-14)16(20)10-18)21-11-13-5-3-2-4-6-13/h2-9,16,18,20H,10-11H2,1H3/t16-/m0/s1. The Morgan fingerprint density at radius 3 is 2.52 bits per heavy atom. The molecule has 0 aliphatic rings. The monoisotopic (exact) mass is 286 g/mol. The first-order valence-corrected chi connectivity index (χ1v) is 6.72. The summed E-state index contributed by atoms with van der Waals surface area (Å²) in [6, 6.07) is 14.5. The van der Waals surface area contributed by atoms with Gasteiger partial charge in [-0.25, -0.2) is 0 Å². The summed E-state index contributed by atoms with van der Waals surface area (Å²) in [6.45, 7) is 1.38. The molecule has 0 fully saturated rings. The molecule has 0 bridgehead atoms. The molecule has 110 valence electrons. The molecule has 0 aromatic heterocycles. The van der Waals surface area contributed by atoms with Gasteiger partial charge in [0.25, 0.3) is 0 Å². The molecule has 4 heteroatoms. The molecule has 0 amide bonds. The molecule has 0 radical (unpaired) electrons. The van der Waals surface area contributed by atoms with Gasteiger partial charge in [-0.05, 0) is 30.7 Å². The Balaban J connectivity index is 2.23. The van der Waals surface area contributed by atoms with Crippen LogP contribution >= 0.6 is 0 Å². The summed E-state index contributed by atoms with van der Waals surface area (Å²) in [5.74, 6) is 0.362. The van der Waals surface area contributed by atoms with Crippen molar-refractivity contribution in [2.75, 3.05) is 6.61 Å². The zero-order chi connectivity index (χ0) is 15.2. The van der Waals surface area contributed by atoms with Crippen LogP contribution in [0, 0.1) is 0 Å². The molecule has 0 saturated heterocycles.